The summed E-state index contributed by atoms with van der Waals surface area (Å²) in [7, 11) is -4.44. The Bertz CT molecular complexity index is 793. The fourth-order valence-electron chi connectivity index (χ4n) is 4.39. The van der Waals surface area contributed by atoms with Gasteiger partial charge in [0.05, 0.1) is 17.9 Å². The minimum absolute atomic E-state index is 0.259. The third-order valence-corrected chi connectivity index (χ3v) is 7.68. The summed E-state index contributed by atoms with van der Waals surface area (Å²) in [5, 5.41) is 23.1. The van der Waals surface area contributed by atoms with Gasteiger partial charge in [0.25, 0.3) is 10.1 Å². The number of carbonyl (C=O) groups excluding carboxylic acids is 1. The molecule has 0 aromatic carbocycles. The molecule has 0 fully saturated rings. The van der Waals surface area contributed by atoms with E-state index in [9.17, 15) is 28.0 Å². The average molecular weight is 586 g/mol. The number of nitrogens with one attached hydrogen (secondary N) is 1. The van der Waals surface area contributed by atoms with Crippen molar-refractivity contribution in [1.29, 1.82) is 0 Å². The van der Waals surface area contributed by atoms with E-state index in [1.807, 2.05) is 0 Å². The van der Waals surface area contributed by atoms with Crippen LogP contribution in [0.25, 0.3) is 0 Å². The normalized spacial score (nSPS) is 14.8. The maximum Gasteiger partial charge on any atom is 0.267 e. The van der Waals surface area contributed by atoms with Gasteiger partial charge < -0.3 is 15.5 Å². The summed E-state index contributed by atoms with van der Waals surface area (Å²) in [4.78, 5) is 12.4. The predicted molar refractivity (Wildman–Crippen MR) is 167 cm³/mol. The standard InChI is InChI=1S/C32H59NO6S/c1-3-5-7-9-11-13-14-15-16-17-18-19-21-23-25-27-31(35)32(36)33-29(28-40(37,38)39)30(34)26-24-22-20-12-10-8-6-4-2/h10,12,16-17,24,26,29-31,34-35H,3-9,11,13-15,18-23,25,27-28H2,1-2H3,(H,33,36)(H,37,38,39)/b12-10+,17-16-,26-24+. The Morgan fingerprint density at radius 3 is 1.73 bits per heavy atom. The summed E-state index contributed by atoms with van der Waals surface area (Å²) in [6, 6.07) is -1.25. The van der Waals surface area contributed by atoms with Crippen LogP contribution in [0.4, 0.5) is 0 Å². The molecule has 0 spiro atoms. The van der Waals surface area contributed by atoms with Gasteiger partial charge in [-0.1, -0.05) is 121 Å². The van der Waals surface area contributed by atoms with Gasteiger partial charge in [0.15, 0.2) is 0 Å². The number of aliphatic hydroxyl groups is 2. The Kier molecular flexibility index (Phi) is 25.4. The summed E-state index contributed by atoms with van der Waals surface area (Å²) < 4.78 is 32.1. The molecule has 0 aromatic rings. The first-order valence-electron chi connectivity index (χ1n) is 15.8. The first kappa shape index (κ1) is 38.5. The Morgan fingerprint density at radius 1 is 0.675 bits per heavy atom. The topological polar surface area (TPSA) is 124 Å². The molecule has 3 atom stereocenters. The lowest BCUT2D eigenvalue weighted by molar-refractivity contribution is -0.130. The molecule has 0 saturated carbocycles. The van der Waals surface area contributed by atoms with Gasteiger partial charge in [-0.3, -0.25) is 9.35 Å². The van der Waals surface area contributed by atoms with Crippen LogP contribution >= 0.6 is 0 Å². The highest BCUT2D eigenvalue weighted by Gasteiger charge is 2.27. The molecule has 3 unspecified atom stereocenters. The van der Waals surface area contributed by atoms with Crippen molar-refractivity contribution in [2.75, 3.05) is 5.75 Å². The molecule has 1 amide bonds. The molecular formula is C32H59NO6S. The van der Waals surface area contributed by atoms with Crippen molar-refractivity contribution in [3.63, 3.8) is 0 Å². The second kappa shape index (κ2) is 26.4. The number of hydrogen-bond acceptors (Lipinski definition) is 5. The minimum Gasteiger partial charge on any atom is -0.387 e. The van der Waals surface area contributed by atoms with E-state index in [0.717, 1.165) is 57.8 Å². The fourth-order valence-corrected chi connectivity index (χ4v) is 5.13. The van der Waals surface area contributed by atoms with Gasteiger partial charge in [0, 0.05) is 0 Å². The highest BCUT2D eigenvalue weighted by atomic mass is 32.2. The lowest BCUT2D eigenvalue weighted by Crippen LogP contribution is -2.50. The second-order valence-electron chi connectivity index (χ2n) is 10.9. The zero-order valence-corrected chi connectivity index (χ0v) is 26.1. The number of amides is 1. The van der Waals surface area contributed by atoms with Crippen LogP contribution in [0.15, 0.2) is 36.5 Å². The van der Waals surface area contributed by atoms with Crippen LogP contribution in [0.2, 0.25) is 0 Å². The second-order valence-corrected chi connectivity index (χ2v) is 12.4. The van der Waals surface area contributed by atoms with Crippen LogP contribution in [0.5, 0.6) is 0 Å². The minimum atomic E-state index is -4.44. The number of allylic oxidation sites excluding steroid dienone is 5. The zero-order valence-electron chi connectivity index (χ0n) is 25.3. The van der Waals surface area contributed by atoms with Crippen LogP contribution in [0.1, 0.15) is 136 Å². The molecule has 0 aliphatic heterocycles. The average Bonchev–Trinajstić information content (AvgIpc) is 2.90. The van der Waals surface area contributed by atoms with E-state index >= 15 is 0 Å². The van der Waals surface area contributed by atoms with Gasteiger partial charge in [0.1, 0.15) is 6.10 Å². The quantitative estimate of drug-likeness (QED) is 0.0459. The van der Waals surface area contributed by atoms with Crippen LogP contribution < -0.4 is 5.32 Å². The summed E-state index contributed by atoms with van der Waals surface area (Å²) in [5.41, 5.74) is 0. The fraction of sp³-hybridized carbons (Fsp3) is 0.781. The van der Waals surface area contributed by atoms with Crippen molar-refractivity contribution >= 4 is 16.0 Å². The van der Waals surface area contributed by atoms with E-state index in [1.54, 1.807) is 6.08 Å². The number of rotatable bonds is 27. The van der Waals surface area contributed by atoms with Crippen LogP contribution in [0.3, 0.4) is 0 Å². The summed E-state index contributed by atoms with van der Waals surface area (Å²) in [6.45, 7) is 4.38. The highest BCUT2D eigenvalue weighted by Crippen LogP contribution is 2.11. The van der Waals surface area contributed by atoms with Crippen LogP contribution in [-0.4, -0.2) is 53.1 Å². The highest BCUT2D eigenvalue weighted by molar-refractivity contribution is 7.85. The predicted octanol–water partition coefficient (Wildman–Crippen LogP) is 7.20. The first-order chi connectivity index (χ1) is 19.2. The van der Waals surface area contributed by atoms with Crippen LogP contribution in [-0.2, 0) is 14.9 Å². The van der Waals surface area contributed by atoms with Gasteiger partial charge in [-0.05, 0) is 51.4 Å². The monoisotopic (exact) mass is 585 g/mol. The van der Waals surface area contributed by atoms with Gasteiger partial charge in [-0.15, -0.1) is 0 Å². The van der Waals surface area contributed by atoms with Crippen molar-refractivity contribution in [1.82, 2.24) is 5.32 Å². The largest absolute Gasteiger partial charge is 0.387 e. The van der Waals surface area contributed by atoms with E-state index in [4.69, 9.17) is 0 Å². The molecule has 0 bridgehead atoms. The molecule has 0 aliphatic rings. The molecule has 40 heavy (non-hydrogen) atoms. The lowest BCUT2D eigenvalue weighted by Gasteiger charge is -2.22. The van der Waals surface area contributed by atoms with E-state index < -0.39 is 40.0 Å². The first-order valence-corrected chi connectivity index (χ1v) is 17.4. The third kappa shape index (κ3) is 25.5. The van der Waals surface area contributed by atoms with Crippen molar-refractivity contribution in [3.05, 3.63) is 36.5 Å². The van der Waals surface area contributed by atoms with Crippen molar-refractivity contribution in [2.24, 2.45) is 0 Å². The molecule has 0 aromatic heterocycles. The summed E-state index contributed by atoms with van der Waals surface area (Å²) >= 11 is 0. The van der Waals surface area contributed by atoms with Crippen molar-refractivity contribution in [2.45, 2.75) is 154 Å². The smallest absolute Gasteiger partial charge is 0.267 e. The Hall–Kier alpha value is -1.48. The Labute approximate surface area is 245 Å². The van der Waals surface area contributed by atoms with Gasteiger partial charge in [-0.25, -0.2) is 0 Å². The SMILES string of the molecule is CCCC/C=C/CC/C=C/C(O)C(CS(=O)(=O)O)NC(=O)C(O)CCCCCC/C=C\CCCCCCCCC. The molecule has 0 rings (SSSR count). The Balaban J connectivity index is 4.21. The van der Waals surface area contributed by atoms with E-state index in [0.29, 0.717) is 12.8 Å². The Morgan fingerprint density at radius 2 is 1.15 bits per heavy atom. The number of unbranched alkanes of at least 4 members (excludes halogenated alkanes) is 14. The summed E-state index contributed by atoms with van der Waals surface area (Å²) in [6.07, 6.45) is 29.4. The van der Waals surface area contributed by atoms with E-state index in [2.05, 4.69) is 43.5 Å². The number of aliphatic hydroxyl groups excluding tert-OH is 2. The van der Waals surface area contributed by atoms with Crippen molar-refractivity contribution < 1.29 is 28.0 Å². The maximum absolute atomic E-state index is 12.4. The molecule has 0 saturated heterocycles. The zero-order chi connectivity index (χ0) is 29.9. The van der Waals surface area contributed by atoms with Crippen LogP contribution in [0, 0.1) is 0 Å². The molecular weight excluding hydrogens is 526 g/mol. The molecule has 0 radical (unpaired) electrons. The third-order valence-electron chi connectivity index (χ3n) is 6.90. The van der Waals surface area contributed by atoms with E-state index in [-0.39, 0.29) is 6.42 Å². The van der Waals surface area contributed by atoms with E-state index in [1.165, 1.54) is 51.0 Å². The van der Waals surface area contributed by atoms with Gasteiger partial charge >= 0.3 is 0 Å². The summed E-state index contributed by atoms with van der Waals surface area (Å²) in [5.74, 6) is -1.58. The molecule has 0 heterocycles. The molecule has 4 N–H and O–H groups in total. The molecule has 0 aliphatic carbocycles. The number of carbonyl (C=O) groups is 1. The van der Waals surface area contributed by atoms with Gasteiger partial charge in [0.2, 0.25) is 5.91 Å². The van der Waals surface area contributed by atoms with Crippen molar-refractivity contribution in [3.8, 4) is 0 Å². The number of hydrogen-bond donors (Lipinski definition) is 4. The van der Waals surface area contributed by atoms with Gasteiger partial charge in [-0.2, -0.15) is 8.42 Å². The molecule has 8 heteroatoms. The molecule has 234 valence electrons. The molecule has 7 nitrogen and oxygen atoms in total. The lowest BCUT2D eigenvalue weighted by atomic mass is 10.1. The maximum atomic E-state index is 12.4.